The maximum atomic E-state index is 11.1. The fourth-order valence-electron chi connectivity index (χ4n) is 2.27. The number of nitrogens with zero attached hydrogens (tertiary/aromatic N) is 2. The molecule has 3 rings (SSSR count). The van der Waals surface area contributed by atoms with Crippen molar-refractivity contribution in [2.75, 3.05) is 0 Å². The summed E-state index contributed by atoms with van der Waals surface area (Å²) in [5.41, 5.74) is 3.05. The van der Waals surface area contributed by atoms with Crippen molar-refractivity contribution in [1.29, 1.82) is 0 Å². The molecule has 6 heteroatoms. The molecule has 0 atom stereocenters. The summed E-state index contributed by atoms with van der Waals surface area (Å²) in [6.07, 6.45) is 1.68. The third-order valence-corrected chi connectivity index (χ3v) is 3.52. The first-order valence-electron chi connectivity index (χ1n) is 6.75. The number of aliphatic carboxylic acids is 1. The molecule has 0 amide bonds. The van der Waals surface area contributed by atoms with Gasteiger partial charge in [-0.3, -0.25) is 4.79 Å². The number of benzene rings is 2. The monoisotopic (exact) mass is 335 g/mol. The van der Waals surface area contributed by atoms with Crippen LogP contribution < -0.4 is 29.6 Å². The summed E-state index contributed by atoms with van der Waals surface area (Å²) in [5.74, 6) is -0.886. The fraction of sp³-hybridized carbons (Fsp3) is 0.0588. The van der Waals surface area contributed by atoms with E-state index in [2.05, 4.69) is 5.10 Å². The standard InChI is InChI=1S/C17H13ClN2O2.Na/c18-14-8-6-12(7-9-14)17-13(10-16(21)22)11-20(19-17)15-4-2-1-3-5-15;/h1-9,11H,10H2,(H,21,22);/q;+1. The Balaban J connectivity index is 0.00000192. The normalized spacial score (nSPS) is 10.1. The summed E-state index contributed by atoms with van der Waals surface area (Å²) in [6, 6.07) is 16.8. The van der Waals surface area contributed by atoms with Crippen LogP contribution in [0.15, 0.2) is 60.8 Å². The van der Waals surface area contributed by atoms with Gasteiger partial charge in [0.15, 0.2) is 0 Å². The Morgan fingerprint density at radius 1 is 1.09 bits per heavy atom. The van der Waals surface area contributed by atoms with Crippen molar-refractivity contribution in [2.45, 2.75) is 6.42 Å². The predicted octanol–water partition coefficient (Wildman–Crippen LogP) is 0.824. The summed E-state index contributed by atoms with van der Waals surface area (Å²) in [4.78, 5) is 11.1. The van der Waals surface area contributed by atoms with Crippen molar-refractivity contribution in [1.82, 2.24) is 9.78 Å². The van der Waals surface area contributed by atoms with Gasteiger partial charge in [0.25, 0.3) is 0 Å². The van der Waals surface area contributed by atoms with Crippen molar-refractivity contribution in [2.24, 2.45) is 0 Å². The molecule has 4 nitrogen and oxygen atoms in total. The van der Waals surface area contributed by atoms with Crippen LogP contribution in [0, 0.1) is 0 Å². The molecule has 0 radical (unpaired) electrons. The fourth-order valence-corrected chi connectivity index (χ4v) is 2.39. The number of carbonyl (C=O) groups is 1. The molecule has 110 valence electrons. The average Bonchev–Trinajstić information content (AvgIpc) is 2.92. The van der Waals surface area contributed by atoms with Crippen LogP contribution in [-0.2, 0) is 11.2 Å². The minimum atomic E-state index is -0.886. The number of hydrogen-bond donors (Lipinski definition) is 1. The van der Waals surface area contributed by atoms with E-state index in [0.29, 0.717) is 16.3 Å². The Hall–Kier alpha value is -1.59. The quantitative estimate of drug-likeness (QED) is 0.718. The molecule has 0 bridgehead atoms. The molecule has 1 aromatic heterocycles. The second-order valence-electron chi connectivity index (χ2n) is 4.86. The van der Waals surface area contributed by atoms with E-state index in [-0.39, 0.29) is 36.0 Å². The van der Waals surface area contributed by atoms with Gasteiger partial charge in [-0.2, -0.15) is 5.10 Å². The number of rotatable bonds is 4. The van der Waals surface area contributed by atoms with Crippen molar-refractivity contribution < 1.29 is 39.5 Å². The first-order chi connectivity index (χ1) is 10.6. The van der Waals surface area contributed by atoms with Gasteiger partial charge in [0.2, 0.25) is 0 Å². The zero-order chi connectivity index (χ0) is 15.5. The van der Waals surface area contributed by atoms with Crippen LogP contribution in [0.25, 0.3) is 16.9 Å². The maximum Gasteiger partial charge on any atom is 1.00 e. The van der Waals surface area contributed by atoms with Gasteiger partial charge in [-0.25, -0.2) is 4.68 Å². The number of para-hydroxylation sites is 1. The van der Waals surface area contributed by atoms with E-state index in [0.717, 1.165) is 11.3 Å². The maximum absolute atomic E-state index is 11.1. The Bertz CT molecular complexity index is 801. The van der Waals surface area contributed by atoms with E-state index in [1.54, 1.807) is 23.0 Å². The predicted molar refractivity (Wildman–Crippen MR) is 85.3 cm³/mol. The number of carboxylic acids is 1. The van der Waals surface area contributed by atoms with E-state index in [1.807, 2.05) is 42.5 Å². The minimum Gasteiger partial charge on any atom is -0.481 e. The van der Waals surface area contributed by atoms with Crippen molar-refractivity contribution in [3.8, 4) is 16.9 Å². The molecular weight excluding hydrogens is 323 g/mol. The van der Waals surface area contributed by atoms with Crippen molar-refractivity contribution >= 4 is 17.6 Å². The zero-order valence-corrected chi connectivity index (χ0v) is 15.4. The van der Waals surface area contributed by atoms with Crippen molar-refractivity contribution in [3.63, 3.8) is 0 Å². The van der Waals surface area contributed by atoms with Crippen LogP contribution in [0.3, 0.4) is 0 Å². The van der Waals surface area contributed by atoms with Gasteiger partial charge < -0.3 is 5.11 Å². The molecule has 0 spiro atoms. The van der Waals surface area contributed by atoms with Gasteiger partial charge in [-0.15, -0.1) is 0 Å². The van der Waals surface area contributed by atoms with E-state index >= 15 is 0 Å². The number of aromatic nitrogens is 2. The SMILES string of the molecule is O=C(O)Cc1cn(-c2ccccc2)nc1-c1ccc(Cl)cc1.[Na+]. The van der Waals surface area contributed by atoms with E-state index in [9.17, 15) is 4.79 Å². The van der Waals surface area contributed by atoms with Crippen LogP contribution in [0.5, 0.6) is 0 Å². The molecule has 23 heavy (non-hydrogen) atoms. The van der Waals surface area contributed by atoms with Crippen LogP contribution in [0.4, 0.5) is 0 Å². The van der Waals surface area contributed by atoms with Crippen LogP contribution >= 0.6 is 11.6 Å². The Labute approximate surface area is 161 Å². The largest absolute Gasteiger partial charge is 1.00 e. The van der Waals surface area contributed by atoms with Crippen LogP contribution in [-0.4, -0.2) is 20.9 Å². The van der Waals surface area contributed by atoms with Gasteiger partial charge >= 0.3 is 35.5 Å². The van der Waals surface area contributed by atoms with Crippen LogP contribution in [0.2, 0.25) is 5.02 Å². The van der Waals surface area contributed by atoms with Gasteiger partial charge in [-0.1, -0.05) is 41.9 Å². The molecule has 0 saturated heterocycles. The summed E-state index contributed by atoms with van der Waals surface area (Å²) in [7, 11) is 0. The van der Waals surface area contributed by atoms with Gasteiger partial charge in [-0.05, 0) is 24.3 Å². The van der Waals surface area contributed by atoms with Crippen molar-refractivity contribution in [3.05, 3.63) is 71.4 Å². The number of hydrogen-bond acceptors (Lipinski definition) is 2. The molecular formula is C17H13ClN2NaO2+. The second kappa shape index (κ2) is 7.79. The molecule has 1 N–H and O–H groups in total. The zero-order valence-electron chi connectivity index (χ0n) is 12.6. The van der Waals surface area contributed by atoms with Crippen LogP contribution in [0.1, 0.15) is 5.56 Å². The first kappa shape index (κ1) is 17.8. The Morgan fingerprint density at radius 2 is 1.74 bits per heavy atom. The van der Waals surface area contributed by atoms with Gasteiger partial charge in [0.05, 0.1) is 17.8 Å². The Morgan fingerprint density at radius 3 is 2.35 bits per heavy atom. The third-order valence-electron chi connectivity index (χ3n) is 3.27. The molecule has 0 aliphatic heterocycles. The molecule has 0 aliphatic rings. The van der Waals surface area contributed by atoms with Gasteiger partial charge in [0.1, 0.15) is 0 Å². The third kappa shape index (κ3) is 4.24. The molecule has 0 fully saturated rings. The molecule has 1 heterocycles. The molecule has 0 saturated carbocycles. The number of halogens is 1. The second-order valence-corrected chi connectivity index (χ2v) is 5.30. The van der Waals surface area contributed by atoms with E-state index in [1.165, 1.54) is 0 Å². The smallest absolute Gasteiger partial charge is 0.481 e. The minimum absolute atomic E-state index is 0. The molecule has 3 aromatic rings. The summed E-state index contributed by atoms with van der Waals surface area (Å²) < 4.78 is 1.70. The summed E-state index contributed by atoms with van der Waals surface area (Å²) in [5, 5.41) is 14.3. The average molecular weight is 336 g/mol. The molecule has 0 unspecified atom stereocenters. The first-order valence-corrected chi connectivity index (χ1v) is 7.13. The Kier molecular flexibility index (Phi) is 6.02. The number of carboxylic acid groups (broad SMARTS) is 1. The topological polar surface area (TPSA) is 55.1 Å². The van der Waals surface area contributed by atoms with E-state index in [4.69, 9.17) is 16.7 Å². The summed E-state index contributed by atoms with van der Waals surface area (Å²) >= 11 is 5.90. The van der Waals surface area contributed by atoms with Gasteiger partial charge in [0, 0.05) is 22.3 Å². The molecule has 2 aromatic carbocycles. The molecule has 0 aliphatic carbocycles. The van der Waals surface area contributed by atoms with E-state index < -0.39 is 5.97 Å². The summed E-state index contributed by atoms with van der Waals surface area (Å²) in [6.45, 7) is 0.